The van der Waals surface area contributed by atoms with Crippen molar-refractivity contribution in [3.05, 3.63) is 16.8 Å². The third-order valence-electron chi connectivity index (χ3n) is 0.863. The van der Waals surface area contributed by atoms with Crippen LogP contribution in [0.5, 0.6) is 5.75 Å². The standard InChI is InChI=1S/C8H11OS.Li/c1-8(2,3)9-7-4-5-10-6-7;/h4-5H,1-3H3;/q-1;+1. The SMILES string of the molecule is CC(C)(C)Oc1[c-]scc1.[Li+]. The molecule has 0 spiro atoms. The van der Waals surface area contributed by atoms with E-state index in [0.717, 1.165) is 5.75 Å². The van der Waals surface area contributed by atoms with Gasteiger partial charge in [-0.15, -0.1) is 0 Å². The van der Waals surface area contributed by atoms with Gasteiger partial charge in [0.1, 0.15) is 0 Å². The molecule has 0 saturated carbocycles. The summed E-state index contributed by atoms with van der Waals surface area (Å²) in [5.74, 6) is 0.845. The summed E-state index contributed by atoms with van der Waals surface area (Å²) in [7, 11) is 0. The first-order valence-electron chi connectivity index (χ1n) is 3.22. The Morgan fingerprint density at radius 3 is 2.45 bits per heavy atom. The van der Waals surface area contributed by atoms with Gasteiger partial charge in [-0.1, -0.05) is 5.38 Å². The summed E-state index contributed by atoms with van der Waals surface area (Å²) in [5.41, 5.74) is -0.0996. The molecule has 0 N–H and O–H groups in total. The Morgan fingerprint density at radius 1 is 1.45 bits per heavy atom. The molecule has 0 atom stereocenters. The topological polar surface area (TPSA) is 9.23 Å². The summed E-state index contributed by atoms with van der Waals surface area (Å²) in [6.07, 6.45) is 0. The predicted molar refractivity (Wildman–Crippen MR) is 43.5 cm³/mol. The predicted octanol–water partition coefficient (Wildman–Crippen LogP) is -0.270. The first-order chi connectivity index (χ1) is 4.58. The molecule has 3 heteroatoms. The van der Waals surface area contributed by atoms with Crippen LogP contribution < -0.4 is 23.6 Å². The van der Waals surface area contributed by atoms with Gasteiger partial charge >= 0.3 is 18.9 Å². The zero-order valence-electron chi connectivity index (χ0n) is 7.47. The van der Waals surface area contributed by atoms with Gasteiger partial charge in [-0.25, -0.2) is 0 Å². The Kier molecular flexibility index (Phi) is 4.24. The van der Waals surface area contributed by atoms with E-state index in [1.165, 1.54) is 11.3 Å². The minimum Gasteiger partial charge on any atom is -0.514 e. The average Bonchev–Trinajstić information content (AvgIpc) is 2.12. The van der Waals surface area contributed by atoms with Crippen molar-refractivity contribution in [1.29, 1.82) is 0 Å². The Bertz CT molecular complexity index is 188. The molecule has 1 aromatic rings. The van der Waals surface area contributed by atoms with Gasteiger partial charge in [0.05, 0.1) is 5.60 Å². The fourth-order valence-electron chi connectivity index (χ4n) is 0.607. The molecule has 0 aliphatic heterocycles. The molecule has 0 amide bonds. The van der Waals surface area contributed by atoms with Crippen LogP contribution in [0.4, 0.5) is 0 Å². The number of rotatable bonds is 1. The van der Waals surface area contributed by atoms with Crippen molar-refractivity contribution in [2.45, 2.75) is 26.4 Å². The monoisotopic (exact) mass is 162 g/mol. The largest absolute Gasteiger partial charge is 1.00 e. The van der Waals surface area contributed by atoms with Crippen LogP contribution in [0, 0.1) is 5.38 Å². The van der Waals surface area contributed by atoms with E-state index in [1.54, 1.807) is 0 Å². The van der Waals surface area contributed by atoms with E-state index < -0.39 is 0 Å². The summed E-state index contributed by atoms with van der Waals surface area (Å²) in [6.45, 7) is 6.08. The molecular formula is C8H11LiOS. The van der Waals surface area contributed by atoms with Crippen molar-refractivity contribution in [3.8, 4) is 5.75 Å². The summed E-state index contributed by atoms with van der Waals surface area (Å²) in [4.78, 5) is 0. The van der Waals surface area contributed by atoms with Crippen LogP contribution in [0.1, 0.15) is 20.8 Å². The molecule has 11 heavy (non-hydrogen) atoms. The van der Waals surface area contributed by atoms with E-state index in [1.807, 2.05) is 32.2 Å². The summed E-state index contributed by atoms with van der Waals surface area (Å²) in [5, 5.41) is 4.97. The van der Waals surface area contributed by atoms with Crippen LogP contribution in [0.25, 0.3) is 0 Å². The van der Waals surface area contributed by atoms with Gasteiger partial charge in [0, 0.05) is 5.75 Å². The fourth-order valence-corrected chi connectivity index (χ4v) is 1.09. The van der Waals surface area contributed by atoms with Crippen molar-refractivity contribution in [2.24, 2.45) is 0 Å². The molecule has 56 valence electrons. The van der Waals surface area contributed by atoms with Gasteiger partial charge in [-0.05, 0) is 20.8 Å². The second-order valence-electron chi connectivity index (χ2n) is 3.10. The maximum Gasteiger partial charge on any atom is 1.00 e. The van der Waals surface area contributed by atoms with E-state index in [-0.39, 0.29) is 24.5 Å². The Balaban J connectivity index is 0.000001000. The van der Waals surface area contributed by atoms with Crippen LogP contribution >= 0.6 is 11.3 Å². The van der Waals surface area contributed by atoms with Crippen molar-refractivity contribution < 1.29 is 23.6 Å². The van der Waals surface area contributed by atoms with Gasteiger partial charge in [-0.3, -0.25) is 11.3 Å². The van der Waals surface area contributed by atoms with Gasteiger partial charge in [0.25, 0.3) is 0 Å². The molecule has 1 heterocycles. The van der Waals surface area contributed by atoms with Crippen LogP contribution in [0.3, 0.4) is 0 Å². The third-order valence-corrected chi connectivity index (χ3v) is 1.45. The minimum atomic E-state index is -0.0996. The van der Waals surface area contributed by atoms with Crippen LogP contribution in [0.2, 0.25) is 0 Å². The van der Waals surface area contributed by atoms with Crippen LogP contribution in [0.15, 0.2) is 11.4 Å². The zero-order valence-corrected chi connectivity index (χ0v) is 8.29. The van der Waals surface area contributed by atoms with Gasteiger partial charge < -0.3 is 4.74 Å². The summed E-state index contributed by atoms with van der Waals surface area (Å²) in [6, 6.07) is 1.93. The van der Waals surface area contributed by atoms with E-state index >= 15 is 0 Å². The first-order valence-corrected chi connectivity index (χ1v) is 4.10. The maximum atomic E-state index is 5.50. The Labute approximate surface area is 83.9 Å². The van der Waals surface area contributed by atoms with Crippen LogP contribution in [-0.4, -0.2) is 5.60 Å². The molecular weight excluding hydrogens is 151 g/mol. The molecule has 1 rings (SSSR count). The molecule has 0 fully saturated rings. The second-order valence-corrected chi connectivity index (χ2v) is 3.81. The van der Waals surface area contributed by atoms with E-state index in [0.29, 0.717) is 0 Å². The third kappa shape index (κ3) is 4.52. The normalized spacial score (nSPS) is 10.5. The van der Waals surface area contributed by atoms with Gasteiger partial charge in [0.15, 0.2) is 0 Å². The number of ether oxygens (including phenoxy) is 1. The van der Waals surface area contributed by atoms with Crippen molar-refractivity contribution >= 4 is 11.3 Å². The second kappa shape index (κ2) is 4.21. The zero-order chi connectivity index (χ0) is 7.61. The minimum absolute atomic E-state index is 0. The van der Waals surface area contributed by atoms with Crippen molar-refractivity contribution in [1.82, 2.24) is 0 Å². The molecule has 0 bridgehead atoms. The molecule has 0 aliphatic carbocycles. The van der Waals surface area contributed by atoms with E-state index in [2.05, 4.69) is 5.38 Å². The van der Waals surface area contributed by atoms with E-state index in [9.17, 15) is 0 Å². The average molecular weight is 162 g/mol. The first kappa shape index (κ1) is 11.1. The molecule has 0 radical (unpaired) electrons. The number of thiophene rings is 1. The Morgan fingerprint density at radius 2 is 2.09 bits per heavy atom. The van der Waals surface area contributed by atoms with E-state index in [4.69, 9.17) is 4.74 Å². The Hall–Kier alpha value is 0.0974. The molecule has 0 saturated heterocycles. The number of hydrogen-bond donors (Lipinski definition) is 0. The van der Waals surface area contributed by atoms with Crippen LogP contribution in [-0.2, 0) is 0 Å². The smallest absolute Gasteiger partial charge is 0.514 e. The van der Waals surface area contributed by atoms with Gasteiger partial charge in [-0.2, -0.15) is 11.4 Å². The summed E-state index contributed by atoms with van der Waals surface area (Å²) < 4.78 is 5.50. The maximum absolute atomic E-state index is 5.50. The van der Waals surface area contributed by atoms with Crippen molar-refractivity contribution in [2.75, 3.05) is 0 Å². The molecule has 0 unspecified atom stereocenters. The molecule has 0 aliphatic rings. The van der Waals surface area contributed by atoms with Gasteiger partial charge in [0.2, 0.25) is 0 Å². The number of hydrogen-bond acceptors (Lipinski definition) is 2. The molecule has 1 nitrogen and oxygen atoms in total. The molecule has 1 aromatic heterocycles. The van der Waals surface area contributed by atoms with Crippen molar-refractivity contribution in [3.63, 3.8) is 0 Å². The summed E-state index contributed by atoms with van der Waals surface area (Å²) >= 11 is 1.53. The fraction of sp³-hybridized carbons (Fsp3) is 0.500. The quantitative estimate of drug-likeness (QED) is 0.408. The molecule has 0 aromatic carbocycles.